The van der Waals surface area contributed by atoms with Crippen molar-refractivity contribution in [2.75, 3.05) is 13.1 Å². The second-order valence-electron chi connectivity index (χ2n) is 6.16. The van der Waals surface area contributed by atoms with Crippen LogP contribution in [-0.4, -0.2) is 19.0 Å². The highest BCUT2D eigenvalue weighted by Gasteiger charge is 2.57. The van der Waals surface area contributed by atoms with Crippen molar-refractivity contribution < 1.29 is 4.79 Å². The summed E-state index contributed by atoms with van der Waals surface area (Å²) in [5.74, 6) is 0.495. The van der Waals surface area contributed by atoms with E-state index in [1.165, 1.54) is 11.1 Å². The minimum atomic E-state index is 0. The summed E-state index contributed by atoms with van der Waals surface area (Å²) < 4.78 is 1.08. The van der Waals surface area contributed by atoms with Crippen molar-refractivity contribution in [3.8, 4) is 0 Å². The number of piperidine rings is 1. The van der Waals surface area contributed by atoms with E-state index in [0.717, 1.165) is 36.8 Å². The van der Waals surface area contributed by atoms with Crippen molar-refractivity contribution in [1.29, 1.82) is 0 Å². The van der Waals surface area contributed by atoms with E-state index < -0.39 is 0 Å². The van der Waals surface area contributed by atoms with Gasteiger partial charge in [-0.05, 0) is 68.0 Å². The Kier molecular flexibility index (Phi) is 5.33. The molecular formula is C16H22BrClN2O. The van der Waals surface area contributed by atoms with Crippen LogP contribution in [0.15, 0.2) is 22.7 Å². The van der Waals surface area contributed by atoms with Crippen molar-refractivity contribution in [3.05, 3.63) is 33.8 Å². The Labute approximate surface area is 140 Å². The van der Waals surface area contributed by atoms with E-state index >= 15 is 0 Å². The van der Waals surface area contributed by atoms with Crippen LogP contribution in [0, 0.1) is 18.3 Å². The molecule has 21 heavy (non-hydrogen) atoms. The van der Waals surface area contributed by atoms with Crippen LogP contribution in [0.2, 0.25) is 0 Å². The lowest BCUT2D eigenvalue weighted by atomic mass is 9.92. The quantitative estimate of drug-likeness (QED) is 0.854. The smallest absolute Gasteiger partial charge is 0.223 e. The van der Waals surface area contributed by atoms with Crippen molar-refractivity contribution in [1.82, 2.24) is 10.6 Å². The number of benzene rings is 1. The summed E-state index contributed by atoms with van der Waals surface area (Å²) in [6.07, 6.45) is 3.39. The minimum absolute atomic E-state index is 0. The van der Waals surface area contributed by atoms with Crippen molar-refractivity contribution in [2.24, 2.45) is 11.3 Å². The molecule has 0 radical (unpaired) electrons. The Bertz CT molecular complexity index is 529. The van der Waals surface area contributed by atoms with Gasteiger partial charge in [0.2, 0.25) is 5.91 Å². The van der Waals surface area contributed by atoms with E-state index in [9.17, 15) is 4.79 Å². The van der Waals surface area contributed by atoms with Gasteiger partial charge < -0.3 is 10.6 Å². The van der Waals surface area contributed by atoms with Gasteiger partial charge in [-0.3, -0.25) is 4.79 Å². The monoisotopic (exact) mass is 372 g/mol. The summed E-state index contributed by atoms with van der Waals surface area (Å²) in [4.78, 5) is 12.3. The summed E-state index contributed by atoms with van der Waals surface area (Å²) in [6, 6.07) is 6.19. The van der Waals surface area contributed by atoms with E-state index in [-0.39, 0.29) is 24.2 Å². The fraction of sp³-hybridized carbons (Fsp3) is 0.562. The first-order valence-corrected chi connectivity index (χ1v) is 8.13. The van der Waals surface area contributed by atoms with Crippen LogP contribution in [-0.2, 0) is 11.3 Å². The summed E-state index contributed by atoms with van der Waals surface area (Å²) in [5, 5.41) is 6.49. The molecular weight excluding hydrogens is 352 g/mol. The second-order valence-corrected chi connectivity index (χ2v) is 7.07. The maximum atomic E-state index is 12.3. The zero-order chi connectivity index (χ0) is 14.2. The molecule has 3 nitrogen and oxygen atoms in total. The number of halogens is 2. The molecule has 1 saturated heterocycles. The Morgan fingerprint density at radius 3 is 2.81 bits per heavy atom. The molecule has 0 bridgehead atoms. The average molecular weight is 374 g/mol. The molecule has 1 unspecified atom stereocenters. The van der Waals surface area contributed by atoms with E-state index in [0.29, 0.717) is 12.0 Å². The normalized spacial score (nSPS) is 22.5. The molecule has 1 amide bonds. The third-order valence-electron chi connectivity index (χ3n) is 4.86. The molecule has 2 aliphatic rings. The van der Waals surface area contributed by atoms with Gasteiger partial charge in [-0.2, -0.15) is 0 Å². The lowest BCUT2D eigenvalue weighted by molar-refractivity contribution is -0.123. The Balaban J connectivity index is 0.00000161. The summed E-state index contributed by atoms with van der Waals surface area (Å²) in [5.41, 5.74) is 2.73. The van der Waals surface area contributed by atoms with Crippen LogP contribution < -0.4 is 10.6 Å². The molecule has 1 heterocycles. The zero-order valence-corrected chi connectivity index (χ0v) is 14.6. The topological polar surface area (TPSA) is 41.1 Å². The van der Waals surface area contributed by atoms with Crippen LogP contribution in [0.1, 0.15) is 30.4 Å². The molecule has 0 aromatic heterocycles. The van der Waals surface area contributed by atoms with Gasteiger partial charge in [0.25, 0.3) is 0 Å². The molecule has 2 fully saturated rings. The SMILES string of the molecule is Cc1cc(Br)ccc1CNC(=O)C1CC12CCNCC2.Cl. The molecule has 1 aromatic carbocycles. The number of rotatable bonds is 3. The number of carbonyl (C=O) groups is 1. The largest absolute Gasteiger partial charge is 0.352 e. The van der Waals surface area contributed by atoms with Gasteiger partial charge in [0, 0.05) is 16.9 Å². The van der Waals surface area contributed by atoms with E-state index in [4.69, 9.17) is 0 Å². The van der Waals surface area contributed by atoms with Crippen molar-refractivity contribution in [3.63, 3.8) is 0 Å². The lowest BCUT2D eigenvalue weighted by Crippen LogP contribution is -2.33. The molecule has 1 aliphatic heterocycles. The third kappa shape index (κ3) is 3.61. The molecule has 1 atom stereocenters. The minimum Gasteiger partial charge on any atom is -0.352 e. The first-order chi connectivity index (χ1) is 9.61. The van der Waals surface area contributed by atoms with E-state index in [2.05, 4.69) is 45.6 Å². The van der Waals surface area contributed by atoms with Crippen LogP contribution in [0.5, 0.6) is 0 Å². The number of hydrogen-bond donors (Lipinski definition) is 2. The maximum absolute atomic E-state index is 12.3. The summed E-state index contributed by atoms with van der Waals surface area (Å²) >= 11 is 3.46. The van der Waals surface area contributed by atoms with Gasteiger partial charge in [0.15, 0.2) is 0 Å². The van der Waals surface area contributed by atoms with E-state index in [1.54, 1.807) is 0 Å². The van der Waals surface area contributed by atoms with Crippen LogP contribution in [0.25, 0.3) is 0 Å². The Morgan fingerprint density at radius 1 is 1.43 bits per heavy atom. The van der Waals surface area contributed by atoms with Gasteiger partial charge in [-0.1, -0.05) is 22.0 Å². The van der Waals surface area contributed by atoms with Crippen LogP contribution in [0.3, 0.4) is 0 Å². The number of amides is 1. The fourth-order valence-electron chi connectivity index (χ4n) is 3.36. The van der Waals surface area contributed by atoms with E-state index in [1.807, 2.05) is 6.07 Å². The molecule has 116 valence electrons. The lowest BCUT2D eigenvalue weighted by Gasteiger charge is -2.23. The molecule has 1 aliphatic carbocycles. The van der Waals surface area contributed by atoms with Crippen molar-refractivity contribution in [2.45, 2.75) is 32.7 Å². The highest BCUT2D eigenvalue weighted by molar-refractivity contribution is 9.10. The average Bonchev–Trinajstić information content (AvgIpc) is 3.12. The maximum Gasteiger partial charge on any atom is 0.223 e. The second kappa shape index (κ2) is 6.67. The summed E-state index contributed by atoms with van der Waals surface area (Å²) in [6.45, 7) is 4.85. The fourth-order valence-corrected chi connectivity index (χ4v) is 3.83. The molecule has 1 spiro atoms. The highest BCUT2D eigenvalue weighted by atomic mass is 79.9. The molecule has 1 saturated carbocycles. The van der Waals surface area contributed by atoms with Crippen LogP contribution in [0.4, 0.5) is 0 Å². The first kappa shape index (κ1) is 16.8. The van der Waals surface area contributed by atoms with Gasteiger partial charge in [0.05, 0.1) is 0 Å². The predicted octanol–water partition coefficient (Wildman–Crippen LogP) is 3.19. The predicted molar refractivity (Wildman–Crippen MR) is 90.6 cm³/mol. The number of carbonyl (C=O) groups excluding carboxylic acids is 1. The number of aryl methyl sites for hydroxylation is 1. The third-order valence-corrected chi connectivity index (χ3v) is 5.36. The Morgan fingerprint density at radius 2 is 2.14 bits per heavy atom. The van der Waals surface area contributed by atoms with Gasteiger partial charge in [-0.15, -0.1) is 12.4 Å². The van der Waals surface area contributed by atoms with Gasteiger partial charge >= 0.3 is 0 Å². The number of hydrogen-bond acceptors (Lipinski definition) is 2. The Hall–Kier alpha value is -0.580. The standard InChI is InChI=1S/C16H21BrN2O.ClH/c1-11-8-13(17)3-2-12(11)10-19-15(20)14-9-16(14)4-6-18-7-5-16;/h2-3,8,14,18H,4-7,9-10H2,1H3,(H,19,20);1H. The number of nitrogens with one attached hydrogen (secondary N) is 2. The molecule has 3 rings (SSSR count). The van der Waals surface area contributed by atoms with Gasteiger partial charge in [0.1, 0.15) is 0 Å². The highest BCUT2D eigenvalue weighted by Crippen LogP contribution is 2.58. The zero-order valence-electron chi connectivity index (χ0n) is 12.2. The van der Waals surface area contributed by atoms with Crippen LogP contribution >= 0.6 is 28.3 Å². The molecule has 2 N–H and O–H groups in total. The van der Waals surface area contributed by atoms with Gasteiger partial charge in [-0.25, -0.2) is 0 Å². The molecule has 5 heteroatoms. The summed E-state index contributed by atoms with van der Waals surface area (Å²) in [7, 11) is 0. The van der Waals surface area contributed by atoms with Crippen molar-refractivity contribution >= 4 is 34.2 Å². The first-order valence-electron chi connectivity index (χ1n) is 7.34. The molecule has 1 aromatic rings.